The van der Waals surface area contributed by atoms with Gasteiger partial charge in [-0.15, -0.1) is 11.3 Å². The monoisotopic (exact) mass is 540 g/mol. The summed E-state index contributed by atoms with van der Waals surface area (Å²) in [6.45, 7) is 0. The maximum atomic E-state index is 9.91. The topological polar surface area (TPSA) is 41.9 Å². The normalized spacial score (nSPS) is 11.9. The molecule has 0 N–H and O–H groups in total. The molecule has 0 aliphatic carbocycles. The maximum Gasteiger partial charge on any atom is 0.135 e. The summed E-state index contributed by atoms with van der Waals surface area (Å²) in [4.78, 5) is 0. The summed E-state index contributed by atoms with van der Waals surface area (Å²) in [7, 11) is 0. The van der Waals surface area contributed by atoms with E-state index in [-0.39, 0.29) is 0 Å². The van der Waals surface area contributed by atoms with Crippen molar-refractivity contribution in [3.63, 3.8) is 0 Å². The zero-order valence-corrected chi connectivity index (χ0v) is 22.6. The van der Waals surface area contributed by atoms with Crippen molar-refractivity contribution in [1.82, 2.24) is 4.57 Å². The number of furan rings is 1. The smallest absolute Gasteiger partial charge is 0.135 e. The average molecular weight is 541 g/mol. The molecule has 0 aliphatic rings. The van der Waals surface area contributed by atoms with E-state index in [4.69, 9.17) is 4.42 Å². The van der Waals surface area contributed by atoms with E-state index in [9.17, 15) is 5.26 Å². The van der Waals surface area contributed by atoms with Crippen LogP contribution in [0.25, 0.3) is 80.7 Å². The molecule has 3 nitrogen and oxygen atoms in total. The van der Waals surface area contributed by atoms with E-state index >= 15 is 0 Å². The maximum absolute atomic E-state index is 9.91. The fourth-order valence-electron chi connectivity index (χ4n) is 6.41. The van der Waals surface area contributed by atoms with Gasteiger partial charge in [-0.3, -0.25) is 0 Å². The first kappa shape index (κ1) is 22.4. The van der Waals surface area contributed by atoms with Crippen LogP contribution in [-0.4, -0.2) is 4.57 Å². The molecule has 0 bridgehead atoms. The van der Waals surface area contributed by atoms with Gasteiger partial charge in [-0.2, -0.15) is 5.26 Å². The molecule has 0 amide bonds. The number of aromatic nitrogens is 1. The third kappa shape index (κ3) is 3.12. The second kappa shape index (κ2) is 8.32. The number of para-hydroxylation sites is 2. The largest absolute Gasteiger partial charge is 0.456 e. The van der Waals surface area contributed by atoms with Gasteiger partial charge in [0.2, 0.25) is 0 Å². The Labute approximate surface area is 238 Å². The van der Waals surface area contributed by atoms with E-state index in [1.165, 1.54) is 36.5 Å². The van der Waals surface area contributed by atoms with Gasteiger partial charge in [-0.05, 0) is 54.1 Å². The van der Waals surface area contributed by atoms with Crippen LogP contribution in [0, 0.1) is 11.3 Å². The van der Waals surface area contributed by atoms with Gasteiger partial charge in [0.15, 0.2) is 0 Å². The van der Waals surface area contributed by atoms with Gasteiger partial charge in [0.25, 0.3) is 0 Å². The quantitative estimate of drug-likeness (QED) is 0.219. The summed E-state index contributed by atoms with van der Waals surface area (Å²) >= 11 is 1.84. The molecule has 41 heavy (non-hydrogen) atoms. The highest BCUT2D eigenvalue weighted by molar-refractivity contribution is 7.26. The number of fused-ring (bicyclic) bond motifs is 10. The number of nitriles is 1. The van der Waals surface area contributed by atoms with Crippen LogP contribution in [0.2, 0.25) is 0 Å². The predicted octanol–water partition coefficient (Wildman–Crippen LogP) is 10.6. The Morgan fingerprint density at radius 1 is 0.610 bits per heavy atom. The van der Waals surface area contributed by atoms with Crippen LogP contribution < -0.4 is 0 Å². The van der Waals surface area contributed by atoms with Crippen LogP contribution >= 0.6 is 11.3 Å². The zero-order valence-electron chi connectivity index (χ0n) is 21.8. The molecule has 3 heterocycles. The zero-order chi connectivity index (χ0) is 27.1. The van der Waals surface area contributed by atoms with Gasteiger partial charge in [0.1, 0.15) is 11.2 Å². The summed E-state index contributed by atoms with van der Waals surface area (Å²) in [5.41, 5.74) is 7.82. The molecule has 0 aliphatic heterocycles. The lowest BCUT2D eigenvalue weighted by atomic mass is 9.98. The highest BCUT2D eigenvalue weighted by Gasteiger charge is 2.20. The molecule has 0 atom stereocenters. The van der Waals surface area contributed by atoms with Crippen LogP contribution in [0.4, 0.5) is 0 Å². The molecule has 0 saturated carbocycles. The predicted molar refractivity (Wildman–Crippen MR) is 171 cm³/mol. The highest BCUT2D eigenvalue weighted by Crippen LogP contribution is 2.44. The number of thiophene rings is 1. The van der Waals surface area contributed by atoms with Gasteiger partial charge < -0.3 is 8.98 Å². The van der Waals surface area contributed by atoms with Crippen LogP contribution in [0.15, 0.2) is 126 Å². The Morgan fingerprint density at radius 2 is 1.37 bits per heavy atom. The summed E-state index contributed by atoms with van der Waals surface area (Å²) in [5, 5.41) is 17.1. The molecule has 9 aromatic rings. The SMILES string of the molecule is N#Cc1ccc(-n2c3ccccc3c3ccc4c5ccccc5sc4c32)c(-c2ccc3oc4ccccc4c3c2)c1. The van der Waals surface area contributed by atoms with E-state index in [1.807, 2.05) is 47.7 Å². The first-order chi connectivity index (χ1) is 20.3. The van der Waals surface area contributed by atoms with Crippen LogP contribution in [0.5, 0.6) is 0 Å². The number of hydrogen-bond acceptors (Lipinski definition) is 3. The van der Waals surface area contributed by atoms with Crippen LogP contribution in [-0.2, 0) is 0 Å². The highest BCUT2D eigenvalue weighted by atomic mass is 32.1. The summed E-state index contributed by atoms with van der Waals surface area (Å²) in [6, 6.07) is 44.7. The van der Waals surface area contributed by atoms with Gasteiger partial charge >= 0.3 is 0 Å². The van der Waals surface area contributed by atoms with Crippen molar-refractivity contribution in [2.24, 2.45) is 0 Å². The Morgan fingerprint density at radius 3 is 2.27 bits per heavy atom. The van der Waals surface area contributed by atoms with Gasteiger partial charge in [0.05, 0.1) is 33.1 Å². The molecule has 0 spiro atoms. The molecule has 4 heteroatoms. The van der Waals surface area contributed by atoms with Crippen molar-refractivity contribution >= 4 is 75.3 Å². The minimum Gasteiger partial charge on any atom is -0.456 e. The molecule has 0 unspecified atom stereocenters. The molecular weight excluding hydrogens is 520 g/mol. The molecule has 3 aromatic heterocycles. The molecule has 6 aromatic carbocycles. The third-order valence-electron chi connectivity index (χ3n) is 8.23. The Hall–Kier alpha value is -5.37. The Bertz CT molecular complexity index is 2560. The van der Waals surface area contributed by atoms with Crippen LogP contribution in [0.1, 0.15) is 5.56 Å². The van der Waals surface area contributed by atoms with E-state index in [0.29, 0.717) is 5.56 Å². The number of nitrogens with zero attached hydrogens (tertiary/aromatic N) is 2. The van der Waals surface area contributed by atoms with Crippen molar-refractivity contribution in [3.05, 3.63) is 127 Å². The molecule has 0 saturated heterocycles. The average Bonchev–Trinajstić information content (AvgIpc) is 3.70. The van der Waals surface area contributed by atoms with Crippen molar-refractivity contribution < 1.29 is 4.42 Å². The van der Waals surface area contributed by atoms with Crippen molar-refractivity contribution in [1.29, 1.82) is 5.26 Å². The number of benzene rings is 6. The molecule has 0 fully saturated rings. The number of hydrogen-bond donors (Lipinski definition) is 0. The summed E-state index contributed by atoms with van der Waals surface area (Å²) < 4.78 is 11.1. The van der Waals surface area contributed by atoms with Crippen molar-refractivity contribution in [2.45, 2.75) is 0 Å². The van der Waals surface area contributed by atoms with E-state index in [0.717, 1.165) is 44.3 Å². The fourth-order valence-corrected chi connectivity index (χ4v) is 7.65. The van der Waals surface area contributed by atoms with E-state index < -0.39 is 0 Å². The Kier molecular flexibility index (Phi) is 4.55. The third-order valence-corrected chi connectivity index (χ3v) is 9.43. The lowest BCUT2D eigenvalue weighted by Gasteiger charge is -2.15. The summed E-state index contributed by atoms with van der Waals surface area (Å²) in [5.74, 6) is 0. The second-order valence-corrected chi connectivity index (χ2v) is 11.5. The van der Waals surface area contributed by atoms with Crippen molar-refractivity contribution in [3.8, 4) is 22.9 Å². The minimum absolute atomic E-state index is 0.633. The van der Waals surface area contributed by atoms with Gasteiger partial charge in [-0.25, -0.2) is 0 Å². The molecular formula is C37H20N2OS. The first-order valence-electron chi connectivity index (χ1n) is 13.6. The minimum atomic E-state index is 0.633. The standard InChI is InChI=1S/C37H20N2OS/c38-21-22-13-17-32(29(19-22)23-14-18-34-30(20-23)25-8-2-5-11-33(25)40-34)39-31-10-4-1-7-24(31)27-15-16-28-26-9-3-6-12-35(26)41-37(28)36(27)39/h1-20H. The van der Waals surface area contributed by atoms with Gasteiger partial charge in [0, 0.05) is 42.6 Å². The lowest BCUT2D eigenvalue weighted by molar-refractivity contribution is 0.669. The first-order valence-corrected chi connectivity index (χ1v) is 14.4. The lowest BCUT2D eigenvalue weighted by Crippen LogP contribution is -1.98. The molecule has 190 valence electrons. The van der Waals surface area contributed by atoms with E-state index in [1.54, 1.807) is 0 Å². The number of rotatable bonds is 2. The fraction of sp³-hybridized carbons (Fsp3) is 0. The molecule has 0 radical (unpaired) electrons. The Balaban J connectivity index is 1.43. The van der Waals surface area contributed by atoms with Gasteiger partial charge in [-0.1, -0.05) is 72.8 Å². The molecule has 9 rings (SSSR count). The van der Waals surface area contributed by atoms with E-state index in [2.05, 4.69) is 95.6 Å². The second-order valence-electron chi connectivity index (χ2n) is 10.4. The van der Waals surface area contributed by atoms with Crippen LogP contribution in [0.3, 0.4) is 0 Å². The van der Waals surface area contributed by atoms with Crippen molar-refractivity contribution in [2.75, 3.05) is 0 Å². The summed E-state index contributed by atoms with van der Waals surface area (Å²) in [6.07, 6.45) is 0.